The summed E-state index contributed by atoms with van der Waals surface area (Å²) in [6, 6.07) is 0.570. The molecule has 1 aliphatic heterocycles. The van der Waals surface area contributed by atoms with Crippen LogP contribution in [0.25, 0.3) is 0 Å². The molecule has 5 fully saturated rings. The lowest BCUT2D eigenvalue weighted by molar-refractivity contribution is -0.185. The minimum atomic E-state index is -1.07. The van der Waals surface area contributed by atoms with Gasteiger partial charge in [0.2, 0.25) is 11.8 Å². The van der Waals surface area contributed by atoms with E-state index in [4.69, 9.17) is 16.3 Å². The average Bonchev–Trinajstić information content (AvgIpc) is 2.63. The summed E-state index contributed by atoms with van der Waals surface area (Å²) in [6.45, 7) is 3.83. The van der Waals surface area contributed by atoms with Gasteiger partial charge in [-0.15, -0.1) is 11.6 Å². The Bertz CT molecular complexity index is 621. The molecule has 2 bridgehead atoms. The smallest absolute Gasteiger partial charge is 0.246 e. The van der Waals surface area contributed by atoms with Gasteiger partial charge in [0.25, 0.3) is 0 Å². The van der Waals surface area contributed by atoms with Gasteiger partial charge < -0.3 is 20.7 Å². The second-order valence-electron chi connectivity index (χ2n) is 9.88. The summed E-state index contributed by atoms with van der Waals surface area (Å²) >= 11 is 5.88. The lowest BCUT2D eigenvalue weighted by Crippen LogP contribution is -2.78. The molecule has 5 aliphatic rings. The number of hydrogen-bond donors (Lipinski definition) is 3. The van der Waals surface area contributed by atoms with Crippen molar-refractivity contribution in [2.75, 3.05) is 19.7 Å². The third-order valence-electron chi connectivity index (χ3n) is 7.33. The van der Waals surface area contributed by atoms with Crippen LogP contribution in [-0.2, 0) is 14.3 Å². The monoisotopic (exact) mass is 429 g/mol. The maximum absolute atomic E-state index is 13.7. The highest BCUT2D eigenvalue weighted by Crippen LogP contribution is 2.67. The summed E-state index contributed by atoms with van der Waals surface area (Å²) in [5.41, 5.74) is -0.528. The molecule has 0 spiro atoms. The molecular weight excluding hydrogens is 397 g/mol. The van der Waals surface area contributed by atoms with E-state index in [2.05, 4.69) is 22.9 Å². The molecule has 2 amide bonds. The maximum atomic E-state index is 13.7. The van der Waals surface area contributed by atoms with Crippen LogP contribution in [-0.4, -0.2) is 60.7 Å². The molecule has 0 radical (unpaired) electrons. The molecule has 6 nitrogen and oxygen atoms in total. The van der Waals surface area contributed by atoms with Gasteiger partial charge in [0.1, 0.15) is 12.8 Å². The lowest BCUT2D eigenvalue weighted by Gasteiger charge is -2.69. The quantitative estimate of drug-likeness (QED) is 0.541. The molecule has 4 saturated carbocycles. The highest BCUT2D eigenvalue weighted by atomic mass is 35.5. The Morgan fingerprint density at radius 3 is 2.62 bits per heavy atom. The van der Waals surface area contributed by atoms with Crippen LogP contribution in [0.15, 0.2) is 0 Å². The van der Waals surface area contributed by atoms with E-state index < -0.39 is 11.5 Å². The first-order valence-electron chi connectivity index (χ1n) is 11.0. The number of rotatable bonds is 7. The minimum absolute atomic E-state index is 0.0572. The summed E-state index contributed by atoms with van der Waals surface area (Å²) in [5.74, 6) is 0.464. The Morgan fingerprint density at radius 2 is 1.97 bits per heavy atom. The van der Waals surface area contributed by atoms with Crippen LogP contribution in [0.4, 0.5) is 4.39 Å². The van der Waals surface area contributed by atoms with Gasteiger partial charge in [0.05, 0.1) is 16.9 Å². The van der Waals surface area contributed by atoms with Gasteiger partial charge in [0, 0.05) is 24.5 Å². The fourth-order valence-corrected chi connectivity index (χ4v) is 5.77. The van der Waals surface area contributed by atoms with Crippen molar-refractivity contribution in [1.29, 1.82) is 0 Å². The van der Waals surface area contributed by atoms with Crippen molar-refractivity contribution < 1.29 is 18.7 Å². The Labute approximate surface area is 177 Å². The summed E-state index contributed by atoms with van der Waals surface area (Å²) < 4.78 is 19.2. The molecule has 5 atom stereocenters. The topological polar surface area (TPSA) is 79.5 Å². The lowest BCUT2D eigenvalue weighted by atomic mass is 9.39. The first-order chi connectivity index (χ1) is 13.8. The zero-order valence-corrected chi connectivity index (χ0v) is 17.9. The zero-order chi connectivity index (χ0) is 20.6. The number of alkyl halides is 2. The average molecular weight is 430 g/mol. The highest BCUT2D eigenvalue weighted by Gasteiger charge is 2.72. The standard InChI is InChI=1S/C21H33ClFN3O3/c1-13-2-3-14(7-24-13)8-25-19(28)20-10-21(11-20,12-20)26-18(27)9-29-15-4-5-16(22)17(23)6-15/h13-17,24H,2-12H2,1H3,(H,25,28)(H,26,27). The third kappa shape index (κ3) is 4.57. The fraction of sp³-hybridized carbons (Fsp3) is 0.905. The normalized spacial score (nSPS) is 43.6. The van der Waals surface area contributed by atoms with Gasteiger partial charge in [-0.1, -0.05) is 0 Å². The molecule has 0 aromatic rings. The number of halogens is 2. The molecule has 0 aromatic carbocycles. The van der Waals surface area contributed by atoms with Gasteiger partial charge in [-0.3, -0.25) is 9.59 Å². The fourth-order valence-electron chi connectivity index (χ4n) is 5.54. The first kappa shape index (κ1) is 21.3. The summed E-state index contributed by atoms with van der Waals surface area (Å²) in [4.78, 5) is 24.8. The summed E-state index contributed by atoms with van der Waals surface area (Å²) in [6.07, 6.45) is 4.64. The van der Waals surface area contributed by atoms with Gasteiger partial charge in [0.15, 0.2) is 0 Å². The largest absolute Gasteiger partial charge is 0.368 e. The molecule has 29 heavy (non-hydrogen) atoms. The molecular formula is C21H33ClFN3O3. The van der Waals surface area contributed by atoms with Crippen molar-refractivity contribution in [3.63, 3.8) is 0 Å². The van der Waals surface area contributed by atoms with E-state index in [0.29, 0.717) is 44.1 Å². The number of piperidine rings is 1. The van der Waals surface area contributed by atoms with Crippen LogP contribution < -0.4 is 16.0 Å². The van der Waals surface area contributed by atoms with E-state index in [-0.39, 0.29) is 41.9 Å². The maximum Gasteiger partial charge on any atom is 0.246 e. The molecule has 8 heteroatoms. The van der Waals surface area contributed by atoms with E-state index in [0.717, 1.165) is 25.9 Å². The van der Waals surface area contributed by atoms with Crippen molar-refractivity contribution in [3.05, 3.63) is 0 Å². The van der Waals surface area contributed by atoms with Crippen molar-refractivity contribution in [2.24, 2.45) is 11.3 Å². The van der Waals surface area contributed by atoms with Gasteiger partial charge in [-0.05, 0) is 64.3 Å². The van der Waals surface area contributed by atoms with Gasteiger partial charge in [-0.25, -0.2) is 4.39 Å². The summed E-state index contributed by atoms with van der Waals surface area (Å²) in [5, 5.41) is 9.19. The molecule has 1 saturated heterocycles. The SMILES string of the molecule is CC1CCC(CNC(=O)C23CC(NC(=O)COC4CCC(Cl)C(F)C4)(C2)C3)CN1. The third-order valence-corrected chi connectivity index (χ3v) is 7.82. The Kier molecular flexibility index (Phi) is 6.11. The highest BCUT2D eigenvalue weighted by molar-refractivity contribution is 6.21. The first-order valence-corrected chi connectivity index (χ1v) is 11.5. The van der Waals surface area contributed by atoms with Crippen molar-refractivity contribution >= 4 is 23.4 Å². The van der Waals surface area contributed by atoms with E-state index in [1.165, 1.54) is 0 Å². The second-order valence-corrected chi connectivity index (χ2v) is 10.4. The predicted octanol–water partition coefficient (Wildman–Crippen LogP) is 2.04. The second kappa shape index (κ2) is 8.31. The number of hydrogen-bond acceptors (Lipinski definition) is 4. The van der Waals surface area contributed by atoms with Crippen molar-refractivity contribution in [3.8, 4) is 0 Å². The van der Waals surface area contributed by atoms with Gasteiger partial charge >= 0.3 is 0 Å². The van der Waals surface area contributed by atoms with E-state index >= 15 is 0 Å². The molecule has 164 valence electrons. The van der Waals surface area contributed by atoms with E-state index in [1.807, 2.05) is 0 Å². The molecule has 5 unspecified atom stereocenters. The molecule has 3 N–H and O–H groups in total. The van der Waals surface area contributed by atoms with Crippen LogP contribution in [0, 0.1) is 11.3 Å². The van der Waals surface area contributed by atoms with Crippen LogP contribution in [0.2, 0.25) is 0 Å². The molecule has 5 rings (SSSR count). The number of amides is 2. The van der Waals surface area contributed by atoms with Gasteiger partial charge in [-0.2, -0.15) is 0 Å². The van der Waals surface area contributed by atoms with Crippen LogP contribution >= 0.6 is 11.6 Å². The predicted molar refractivity (Wildman–Crippen MR) is 108 cm³/mol. The van der Waals surface area contributed by atoms with Crippen LogP contribution in [0.5, 0.6) is 0 Å². The van der Waals surface area contributed by atoms with Crippen LogP contribution in [0.1, 0.15) is 58.3 Å². The number of nitrogens with one attached hydrogen (secondary N) is 3. The Hall–Kier alpha value is -0.920. The Morgan fingerprint density at radius 1 is 1.21 bits per heavy atom. The number of carbonyl (C=O) groups is 2. The number of ether oxygens (including phenoxy) is 1. The van der Waals surface area contributed by atoms with Crippen LogP contribution in [0.3, 0.4) is 0 Å². The van der Waals surface area contributed by atoms with E-state index in [1.54, 1.807) is 0 Å². The van der Waals surface area contributed by atoms with Crippen molar-refractivity contribution in [1.82, 2.24) is 16.0 Å². The molecule has 0 aromatic heterocycles. The zero-order valence-electron chi connectivity index (χ0n) is 17.1. The van der Waals surface area contributed by atoms with E-state index in [9.17, 15) is 14.0 Å². The summed E-state index contributed by atoms with van der Waals surface area (Å²) in [7, 11) is 0. The van der Waals surface area contributed by atoms with Crippen molar-refractivity contribution in [2.45, 2.75) is 87.5 Å². The number of carbonyl (C=O) groups excluding carboxylic acids is 2. The Balaban J connectivity index is 1.13. The minimum Gasteiger partial charge on any atom is -0.368 e. The molecule has 1 heterocycles. The molecule has 4 aliphatic carbocycles.